The van der Waals surface area contributed by atoms with Crippen LogP contribution in [0.4, 0.5) is 11.4 Å². The fourth-order valence-electron chi connectivity index (χ4n) is 2.60. The second-order valence-corrected chi connectivity index (χ2v) is 9.64. The summed E-state index contributed by atoms with van der Waals surface area (Å²) < 4.78 is 30.2. The molecule has 0 heterocycles. The first kappa shape index (κ1) is 24.1. The largest absolute Gasteiger partial charge is 0.354 e. The van der Waals surface area contributed by atoms with E-state index >= 15 is 0 Å². The van der Waals surface area contributed by atoms with Crippen LogP contribution in [-0.4, -0.2) is 57.0 Å². The Morgan fingerprint density at radius 2 is 1.87 bits per heavy atom. The number of hydrogen-bond acceptors (Lipinski definition) is 8. The molecular weight excluding hydrogens is 428 g/mol. The van der Waals surface area contributed by atoms with Crippen molar-refractivity contribution in [3.63, 3.8) is 0 Å². The van der Waals surface area contributed by atoms with Gasteiger partial charge in [-0.3, -0.25) is 10.1 Å². The number of thioether (sulfide) groups is 1. The third-order valence-corrected chi connectivity index (χ3v) is 6.37. The van der Waals surface area contributed by atoms with Gasteiger partial charge in [0.1, 0.15) is 16.3 Å². The number of ether oxygens (including phenoxy) is 1. The van der Waals surface area contributed by atoms with Crippen LogP contribution < -0.4 is 10.5 Å². The fourth-order valence-corrected chi connectivity index (χ4v) is 4.26. The number of nitrogens with one attached hydrogen (secondary N) is 1. The fraction of sp³-hybridized carbons (Fsp3) is 0.368. The van der Waals surface area contributed by atoms with Crippen LogP contribution in [0.2, 0.25) is 0 Å². The van der Waals surface area contributed by atoms with E-state index in [1.165, 1.54) is 30.0 Å². The third-order valence-electron chi connectivity index (χ3n) is 4.11. The lowest BCUT2D eigenvalue weighted by molar-refractivity contribution is -0.384. The Bertz CT molecular complexity index is 970. The van der Waals surface area contributed by atoms with Gasteiger partial charge in [0.2, 0.25) is 10.0 Å². The van der Waals surface area contributed by atoms with E-state index in [0.29, 0.717) is 18.9 Å². The number of nitro benzene ring substituents is 1. The van der Waals surface area contributed by atoms with E-state index in [1.807, 2.05) is 49.3 Å². The van der Waals surface area contributed by atoms with Crippen molar-refractivity contribution in [3.8, 4) is 0 Å². The normalized spacial score (nSPS) is 13.8. The van der Waals surface area contributed by atoms with Crippen LogP contribution in [0.25, 0.3) is 0 Å². The number of hydrogen-bond donors (Lipinski definition) is 2. The highest BCUT2D eigenvalue weighted by atomic mass is 32.2. The van der Waals surface area contributed by atoms with Gasteiger partial charge in [-0.15, -0.1) is 11.8 Å². The molecule has 9 nitrogen and oxygen atoms in total. The minimum Gasteiger partial charge on any atom is -0.354 e. The molecule has 0 saturated heterocycles. The van der Waals surface area contributed by atoms with Crippen molar-refractivity contribution in [1.82, 2.24) is 4.90 Å². The molecule has 30 heavy (non-hydrogen) atoms. The number of nitrogens with zero attached hydrogens (tertiary/aromatic N) is 2. The topological polar surface area (TPSA) is 128 Å². The Kier molecular flexibility index (Phi) is 8.21. The first-order chi connectivity index (χ1) is 14.0. The highest BCUT2D eigenvalue weighted by molar-refractivity contribution is 7.99. The van der Waals surface area contributed by atoms with E-state index in [0.717, 1.165) is 4.90 Å². The van der Waals surface area contributed by atoms with Gasteiger partial charge < -0.3 is 15.0 Å². The Labute approximate surface area is 180 Å². The second kappa shape index (κ2) is 10.2. The van der Waals surface area contributed by atoms with Crippen LogP contribution >= 0.6 is 11.8 Å². The van der Waals surface area contributed by atoms with Crippen molar-refractivity contribution in [3.05, 3.63) is 58.6 Å². The molecule has 0 unspecified atom stereocenters. The molecule has 0 fully saturated rings. The molecule has 2 aromatic carbocycles. The maximum Gasteiger partial charge on any atom is 0.293 e. The van der Waals surface area contributed by atoms with Crippen molar-refractivity contribution < 1.29 is 18.1 Å². The molecule has 0 aliphatic heterocycles. The summed E-state index contributed by atoms with van der Waals surface area (Å²) >= 11 is 1.48. The summed E-state index contributed by atoms with van der Waals surface area (Å²) in [6, 6.07) is 13.3. The Hall–Kier alpha value is -2.18. The Balaban J connectivity index is 2.40. The maximum absolute atomic E-state index is 12.1. The van der Waals surface area contributed by atoms with E-state index in [1.54, 1.807) is 6.92 Å². The predicted octanol–water partition coefficient (Wildman–Crippen LogP) is 2.74. The molecule has 0 bridgehead atoms. The van der Waals surface area contributed by atoms with Crippen LogP contribution in [0.15, 0.2) is 58.3 Å². The molecule has 2 rings (SSSR count). The van der Waals surface area contributed by atoms with Crippen LogP contribution in [-0.2, 0) is 14.8 Å². The van der Waals surface area contributed by atoms with Gasteiger partial charge in [-0.25, -0.2) is 13.6 Å². The summed E-state index contributed by atoms with van der Waals surface area (Å²) in [7, 11) is -0.407. The molecular formula is C19H26N4O5S2. The van der Waals surface area contributed by atoms with E-state index in [4.69, 9.17) is 9.88 Å². The summed E-state index contributed by atoms with van der Waals surface area (Å²) in [4.78, 5) is 13.5. The number of benzene rings is 2. The van der Waals surface area contributed by atoms with Crippen LogP contribution in [0.3, 0.4) is 0 Å². The predicted molar refractivity (Wildman–Crippen MR) is 118 cm³/mol. The molecule has 0 spiro atoms. The van der Waals surface area contributed by atoms with Gasteiger partial charge in [-0.05, 0) is 39.2 Å². The maximum atomic E-state index is 12.1. The average Bonchev–Trinajstić information content (AvgIpc) is 2.66. The molecule has 0 radical (unpaired) electrons. The summed E-state index contributed by atoms with van der Waals surface area (Å²) in [5.41, 5.74) is -1.69. The summed E-state index contributed by atoms with van der Waals surface area (Å²) in [6.45, 7) is 2.67. The highest BCUT2D eigenvalue weighted by Crippen LogP contribution is 2.35. The van der Waals surface area contributed by atoms with Crippen molar-refractivity contribution in [2.75, 3.05) is 38.3 Å². The minimum atomic E-state index is -4.20. The summed E-state index contributed by atoms with van der Waals surface area (Å²) in [5.74, 6) is 0.362. The molecule has 3 N–H and O–H groups in total. The number of anilines is 1. The lowest BCUT2D eigenvalue weighted by Crippen LogP contribution is -2.43. The van der Waals surface area contributed by atoms with Crippen molar-refractivity contribution in [1.29, 1.82) is 0 Å². The first-order valence-electron chi connectivity index (χ1n) is 9.07. The summed E-state index contributed by atoms with van der Waals surface area (Å²) in [6.07, 6.45) is 0. The van der Waals surface area contributed by atoms with E-state index in [9.17, 15) is 18.5 Å². The first-order valence-corrected chi connectivity index (χ1v) is 11.6. The second-order valence-electron chi connectivity index (χ2n) is 7.06. The molecule has 0 aliphatic rings. The molecule has 11 heteroatoms. The van der Waals surface area contributed by atoms with E-state index in [2.05, 4.69) is 5.32 Å². The van der Waals surface area contributed by atoms with Gasteiger partial charge in [-0.2, -0.15) is 0 Å². The Morgan fingerprint density at radius 3 is 2.43 bits per heavy atom. The molecule has 2 aromatic rings. The third kappa shape index (κ3) is 6.96. The van der Waals surface area contributed by atoms with Crippen LogP contribution in [0, 0.1) is 10.1 Å². The standard InChI is InChI=1S/C19H26N4O5S2/c1-19(28-13-12-22(2)3,14-29-15-8-5-4-6-9-15)21-18-16(23(24)25)10-7-11-17(18)30(20,26)27/h4-11,21H,12-14H2,1-3H3,(H2,20,26,27)/t19-/m1/s1. The number of sulfonamides is 1. The number of para-hydroxylation sites is 1. The molecule has 0 amide bonds. The van der Waals surface area contributed by atoms with Gasteiger partial charge in [0, 0.05) is 23.3 Å². The van der Waals surface area contributed by atoms with Crippen molar-refractivity contribution in [2.24, 2.45) is 5.14 Å². The van der Waals surface area contributed by atoms with Gasteiger partial charge in [0.05, 0.1) is 11.5 Å². The van der Waals surface area contributed by atoms with E-state index in [-0.39, 0.29) is 10.6 Å². The number of likely N-dealkylation sites (N-methyl/N-ethyl adjacent to an activating group) is 1. The van der Waals surface area contributed by atoms with Gasteiger partial charge in [-0.1, -0.05) is 24.3 Å². The average molecular weight is 455 g/mol. The minimum absolute atomic E-state index is 0.189. The van der Waals surface area contributed by atoms with Gasteiger partial charge in [0.15, 0.2) is 0 Å². The highest BCUT2D eigenvalue weighted by Gasteiger charge is 2.32. The zero-order valence-corrected chi connectivity index (χ0v) is 18.7. The van der Waals surface area contributed by atoms with Crippen LogP contribution in [0.5, 0.6) is 0 Å². The monoisotopic (exact) mass is 454 g/mol. The summed E-state index contributed by atoms with van der Waals surface area (Å²) in [5, 5.41) is 19.8. The van der Waals surface area contributed by atoms with Gasteiger partial charge in [0.25, 0.3) is 5.69 Å². The number of rotatable bonds is 11. The number of nitrogens with two attached hydrogens (primary N) is 1. The molecule has 0 saturated carbocycles. The van der Waals surface area contributed by atoms with Gasteiger partial charge >= 0.3 is 0 Å². The van der Waals surface area contributed by atoms with E-state index < -0.39 is 26.4 Å². The smallest absolute Gasteiger partial charge is 0.293 e. The molecule has 1 atom stereocenters. The SMILES string of the molecule is CN(C)CCO[C@](C)(CSc1ccccc1)Nc1c([N+](=O)[O-])cccc1S(N)(=O)=O. The zero-order chi connectivity index (χ0) is 22.4. The van der Waals surface area contributed by atoms with Crippen molar-refractivity contribution >= 4 is 33.2 Å². The lowest BCUT2D eigenvalue weighted by Gasteiger charge is -2.32. The molecule has 0 aromatic heterocycles. The molecule has 0 aliphatic carbocycles. The lowest BCUT2D eigenvalue weighted by atomic mass is 10.2. The zero-order valence-electron chi connectivity index (χ0n) is 17.1. The quantitative estimate of drug-likeness (QED) is 0.230. The van der Waals surface area contributed by atoms with Crippen molar-refractivity contribution in [2.45, 2.75) is 22.4 Å². The number of primary sulfonamides is 1. The Morgan fingerprint density at radius 1 is 1.20 bits per heavy atom. The molecule has 164 valence electrons. The number of nitro groups is 1. The van der Waals surface area contributed by atoms with Crippen LogP contribution in [0.1, 0.15) is 6.92 Å².